The Hall–Kier alpha value is -3.42. The molecule has 0 atom stereocenters. The fourth-order valence-corrected chi connectivity index (χ4v) is 2.77. The van der Waals surface area contributed by atoms with E-state index in [2.05, 4.69) is 20.3 Å². The van der Waals surface area contributed by atoms with Crippen molar-refractivity contribution < 1.29 is 9.74 Å². The summed E-state index contributed by atoms with van der Waals surface area (Å²) in [6, 6.07) is 8.88. The Kier molecular flexibility index (Phi) is 3.16. The van der Waals surface area contributed by atoms with Crippen molar-refractivity contribution in [3.8, 4) is 28.5 Å². The largest absolute Gasteiger partial charge is 0.507 e. The van der Waals surface area contributed by atoms with E-state index in [1.807, 2.05) is 23.6 Å². The van der Waals surface area contributed by atoms with E-state index in [1.54, 1.807) is 24.4 Å². The average Bonchev–Trinajstić information content (AvgIpc) is 3.17. The maximum Gasteiger partial charge on any atom is 0.199 e. The van der Waals surface area contributed by atoms with E-state index < -0.39 is 0 Å². The molecule has 8 heteroatoms. The Morgan fingerprint density at radius 3 is 2.71 bits per heavy atom. The van der Waals surface area contributed by atoms with Crippen LogP contribution in [0.1, 0.15) is 6.92 Å². The fraction of sp³-hybridized carbons (Fsp3) is 0.125. The predicted octanol–water partition coefficient (Wildman–Crippen LogP) is 2.46. The number of phenolic OH excluding ortho intramolecular Hbond substituents is 1. The van der Waals surface area contributed by atoms with Crippen LogP contribution in [0.4, 0.5) is 5.82 Å². The number of nitrogen functional groups attached to an aromatic ring is 1. The average molecular weight is 322 g/mol. The molecular formula is C16H14N6O2. The van der Waals surface area contributed by atoms with Crippen molar-refractivity contribution in [2.24, 2.45) is 0 Å². The van der Waals surface area contributed by atoms with Crippen LogP contribution in [0.25, 0.3) is 33.8 Å². The van der Waals surface area contributed by atoms with Crippen LogP contribution < -0.4 is 5.73 Å². The Labute approximate surface area is 136 Å². The van der Waals surface area contributed by atoms with Crippen LogP contribution in [0.5, 0.6) is 5.75 Å². The Morgan fingerprint density at radius 1 is 1.17 bits per heavy atom. The number of aryl methyl sites for hydroxylation is 1. The number of phenols is 1. The number of benzene rings is 1. The molecule has 0 amide bonds. The van der Waals surface area contributed by atoms with E-state index in [-0.39, 0.29) is 11.6 Å². The normalized spacial score (nSPS) is 11.2. The molecule has 0 fully saturated rings. The summed E-state index contributed by atoms with van der Waals surface area (Å²) < 4.78 is 6.65. The number of hydrogen-bond donors (Lipinski definition) is 2. The number of hydrogen-bond acceptors (Lipinski definition) is 7. The third-order valence-electron chi connectivity index (χ3n) is 3.87. The molecule has 3 heterocycles. The van der Waals surface area contributed by atoms with Gasteiger partial charge < -0.3 is 15.4 Å². The van der Waals surface area contributed by atoms with E-state index in [4.69, 9.17) is 10.4 Å². The molecule has 0 saturated heterocycles. The van der Waals surface area contributed by atoms with Crippen molar-refractivity contribution in [3.63, 3.8) is 0 Å². The molecule has 3 aromatic heterocycles. The summed E-state index contributed by atoms with van der Waals surface area (Å²) in [5, 5.41) is 17.6. The summed E-state index contributed by atoms with van der Waals surface area (Å²) in [5.74, 6) is 0.876. The number of rotatable bonds is 3. The molecule has 0 aliphatic rings. The zero-order valence-corrected chi connectivity index (χ0v) is 12.8. The molecule has 8 nitrogen and oxygen atoms in total. The van der Waals surface area contributed by atoms with Gasteiger partial charge in [0.1, 0.15) is 17.0 Å². The third kappa shape index (κ3) is 2.00. The van der Waals surface area contributed by atoms with E-state index in [0.717, 1.165) is 5.52 Å². The lowest BCUT2D eigenvalue weighted by molar-refractivity contribution is 0.310. The first kappa shape index (κ1) is 14.2. The lowest BCUT2D eigenvalue weighted by atomic mass is 10.1. The van der Waals surface area contributed by atoms with Crippen LogP contribution in [0.2, 0.25) is 0 Å². The number of nitrogens with two attached hydrogens (primary N) is 1. The summed E-state index contributed by atoms with van der Waals surface area (Å²) in [4.78, 5) is 9.06. The summed E-state index contributed by atoms with van der Waals surface area (Å²) in [6.45, 7) is 2.65. The number of imidazole rings is 1. The van der Waals surface area contributed by atoms with Crippen molar-refractivity contribution in [3.05, 3.63) is 36.5 Å². The summed E-state index contributed by atoms with van der Waals surface area (Å²) in [6.07, 6.45) is 1.69. The molecule has 120 valence electrons. The Morgan fingerprint density at radius 2 is 2.00 bits per heavy atom. The summed E-state index contributed by atoms with van der Waals surface area (Å²) >= 11 is 0. The summed E-state index contributed by atoms with van der Waals surface area (Å²) in [5.41, 5.74) is 8.92. The topological polar surface area (TPSA) is 116 Å². The zero-order chi connectivity index (χ0) is 16.7. The minimum Gasteiger partial charge on any atom is -0.507 e. The molecule has 0 radical (unpaired) electrons. The highest BCUT2D eigenvalue weighted by molar-refractivity contribution is 5.93. The highest BCUT2D eigenvalue weighted by Crippen LogP contribution is 2.34. The second-order valence-electron chi connectivity index (χ2n) is 5.22. The van der Waals surface area contributed by atoms with Gasteiger partial charge in [-0.3, -0.25) is 4.98 Å². The third-order valence-corrected chi connectivity index (χ3v) is 3.87. The summed E-state index contributed by atoms with van der Waals surface area (Å²) in [7, 11) is 0. The minimum atomic E-state index is 0.146. The van der Waals surface area contributed by atoms with Gasteiger partial charge in [-0.2, -0.15) is 0 Å². The number of aromatic hydroxyl groups is 1. The SMILES string of the molecule is CCn1c(-c2nonc2N)nc2c(-c3ccccc3O)nccc21. The number of fused-ring (bicyclic) bond motifs is 1. The van der Waals surface area contributed by atoms with E-state index in [9.17, 15) is 5.11 Å². The van der Waals surface area contributed by atoms with Crippen LogP contribution in [0, 0.1) is 0 Å². The smallest absolute Gasteiger partial charge is 0.199 e. The van der Waals surface area contributed by atoms with Gasteiger partial charge in [-0.25, -0.2) is 9.61 Å². The van der Waals surface area contributed by atoms with E-state index in [0.29, 0.717) is 34.8 Å². The number of pyridine rings is 1. The van der Waals surface area contributed by atoms with E-state index in [1.165, 1.54) is 0 Å². The van der Waals surface area contributed by atoms with Crippen molar-refractivity contribution in [1.82, 2.24) is 24.8 Å². The van der Waals surface area contributed by atoms with Crippen LogP contribution in [0.3, 0.4) is 0 Å². The fourth-order valence-electron chi connectivity index (χ4n) is 2.77. The molecule has 4 aromatic rings. The molecule has 1 aromatic carbocycles. The molecule has 3 N–H and O–H groups in total. The lowest BCUT2D eigenvalue weighted by Crippen LogP contribution is -1.99. The van der Waals surface area contributed by atoms with Gasteiger partial charge in [0.25, 0.3) is 0 Å². The lowest BCUT2D eigenvalue weighted by Gasteiger charge is -2.05. The maximum atomic E-state index is 10.2. The van der Waals surface area contributed by atoms with Gasteiger partial charge in [0.05, 0.1) is 5.52 Å². The Balaban J connectivity index is 2.04. The molecule has 0 bridgehead atoms. The minimum absolute atomic E-state index is 0.146. The molecule has 0 saturated carbocycles. The van der Waals surface area contributed by atoms with Crippen LogP contribution in [0.15, 0.2) is 41.2 Å². The van der Waals surface area contributed by atoms with Gasteiger partial charge in [0, 0.05) is 18.3 Å². The quantitative estimate of drug-likeness (QED) is 0.595. The van der Waals surface area contributed by atoms with Crippen molar-refractivity contribution in [1.29, 1.82) is 0 Å². The van der Waals surface area contributed by atoms with Crippen LogP contribution in [-0.4, -0.2) is 30.0 Å². The number of aromatic nitrogens is 5. The van der Waals surface area contributed by atoms with Crippen LogP contribution in [-0.2, 0) is 6.54 Å². The molecule has 4 rings (SSSR count). The van der Waals surface area contributed by atoms with Gasteiger partial charge in [-0.1, -0.05) is 12.1 Å². The molecule has 0 aliphatic carbocycles. The second kappa shape index (κ2) is 5.34. The molecular weight excluding hydrogens is 308 g/mol. The molecule has 0 aliphatic heterocycles. The van der Waals surface area contributed by atoms with Crippen molar-refractivity contribution in [2.45, 2.75) is 13.5 Å². The first-order valence-corrected chi connectivity index (χ1v) is 7.42. The zero-order valence-electron chi connectivity index (χ0n) is 12.8. The molecule has 0 spiro atoms. The highest BCUT2D eigenvalue weighted by Gasteiger charge is 2.21. The number of nitrogens with zero attached hydrogens (tertiary/aromatic N) is 5. The number of para-hydroxylation sites is 1. The first-order chi connectivity index (χ1) is 11.7. The van der Waals surface area contributed by atoms with Crippen LogP contribution >= 0.6 is 0 Å². The van der Waals surface area contributed by atoms with Gasteiger partial charge >= 0.3 is 0 Å². The van der Waals surface area contributed by atoms with E-state index >= 15 is 0 Å². The van der Waals surface area contributed by atoms with Crippen molar-refractivity contribution in [2.75, 3.05) is 5.73 Å². The number of anilines is 1. The first-order valence-electron chi connectivity index (χ1n) is 7.42. The van der Waals surface area contributed by atoms with Gasteiger partial charge in [-0.15, -0.1) is 0 Å². The highest BCUT2D eigenvalue weighted by atomic mass is 16.6. The molecule has 0 unspecified atom stereocenters. The standard InChI is InChI=1S/C16H14N6O2/c1-2-22-10-7-8-18-12(9-5-3-4-6-11(9)23)13(10)19-16(22)14-15(17)21-24-20-14/h3-8,23H,2H2,1H3,(H2,17,21). The second-order valence-corrected chi connectivity index (χ2v) is 5.22. The van der Waals surface area contributed by atoms with Gasteiger partial charge in [0.2, 0.25) is 0 Å². The van der Waals surface area contributed by atoms with Gasteiger partial charge in [0.15, 0.2) is 17.3 Å². The molecule has 24 heavy (non-hydrogen) atoms. The van der Waals surface area contributed by atoms with Gasteiger partial charge in [-0.05, 0) is 35.4 Å². The Bertz CT molecular complexity index is 1040. The van der Waals surface area contributed by atoms with Crippen molar-refractivity contribution >= 4 is 16.9 Å². The maximum absolute atomic E-state index is 10.2. The monoisotopic (exact) mass is 322 g/mol. The predicted molar refractivity (Wildman–Crippen MR) is 88.0 cm³/mol.